The van der Waals surface area contributed by atoms with Gasteiger partial charge < -0.3 is 20.0 Å². The van der Waals surface area contributed by atoms with Gasteiger partial charge in [0.15, 0.2) is 11.5 Å². The third kappa shape index (κ3) is 5.42. The van der Waals surface area contributed by atoms with E-state index in [-0.39, 0.29) is 13.2 Å². The second kappa shape index (κ2) is 9.39. The second-order valence-electron chi connectivity index (χ2n) is 4.74. The number of hydrazine groups is 1. The number of benzene rings is 2. The first-order valence-corrected chi connectivity index (χ1v) is 8.26. The first-order chi connectivity index (χ1) is 11.2. The van der Waals surface area contributed by atoms with Crippen LogP contribution in [-0.2, 0) is 6.54 Å². The Kier molecular flexibility index (Phi) is 7.19. The highest BCUT2D eigenvalue weighted by molar-refractivity contribution is 9.10. The fraction of sp³-hybridized carbons (Fsp3) is 0.294. The minimum atomic E-state index is -0.0342. The van der Waals surface area contributed by atoms with Gasteiger partial charge in [-0.05, 0) is 36.8 Å². The van der Waals surface area contributed by atoms with Crippen LogP contribution < -0.4 is 20.3 Å². The van der Waals surface area contributed by atoms with Crippen molar-refractivity contribution >= 4 is 21.6 Å². The quantitative estimate of drug-likeness (QED) is 0.582. The van der Waals surface area contributed by atoms with Crippen LogP contribution in [0.3, 0.4) is 0 Å². The molecule has 124 valence electrons. The highest BCUT2D eigenvalue weighted by atomic mass is 79.9. The van der Waals surface area contributed by atoms with E-state index in [0.717, 1.165) is 15.7 Å². The van der Waals surface area contributed by atoms with Gasteiger partial charge in [-0.3, -0.25) is 0 Å². The number of aliphatic hydroxyl groups is 1. The maximum Gasteiger partial charge on any atom is 0.162 e. The van der Waals surface area contributed by atoms with Crippen molar-refractivity contribution < 1.29 is 14.6 Å². The maximum atomic E-state index is 8.90. The van der Waals surface area contributed by atoms with Gasteiger partial charge in [-0.15, -0.1) is 0 Å². The molecule has 6 heteroatoms. The van der Waals surface area contributed by atoms with Gasteiger partial charge in [0, 0.05) is 16.7 Å². The highest BCUT2D eigenvalue weighted by Crippen LogP contribution is 2.33. The summed E-state index contributed by atoms with van der Waals surface area (Å²) in [6, 6.07) is 13.7. The Morgan fingerprint density at radius 2 is 1.83 bits per heavy atom. The summed E-state index contributed by atoms with van der Waals surface area (Å²) in [6.07, 6.45) is 0. The van der Waals surface area contributed by atoms with Crippen molar-refractivity contribution in [3.63, 3.8) is 0 Å². The van der Waals surface area contributed by atoms with Crippen molar-refractivity contribution in [1.29, 1.82) is 0 Å². The molecule has 0 spiro atoms. The Bertz CT molecular complexity index is 608. The molecular weight excluding hydrogens is 360 g/mol. The van der Waals surface area contributed by atoms with Crippen LogP contribution in [0.5, 0.6) is 11.5 Å². The molecule has 0 aromatic heterocycles. The Labute approximate surface area is 144 Å². The summed E-state index contributed by atoms with van der Waals surface area (Å²) in [4.78, 5) is 0. The molecule has 23 heavy (non-hydrogen) atoms. The zero-order chi connectivity index (χ0) is 16.5. The summed E-state index contributed by atoms with van der Waals surface area (Å²) < 4.78 is 12.0. The zero-order valence-electron chi connectivity index (χ0n) is 13.0. The summed E-state index contributed by atoms with van der Waals surface area (Å²) in [5, 5.41) is 8.90. The zero-order valence-corrected chi connectivity index (χ0v) is 14.6. The van der Waals surface area contributed by atoms with Gasteiger partial charge in [0.05, 0.1) is 13.2 Å². The lowest BCUT2D eigenvalue weighted by atomic mass is 10.2. The largest absolute Gasteiger partial charge is 0.490 e. The van der Waals surface area contributed by atoms with E-state index in [9.17, 15) is 0 Å². The van der Waals surface area contributed by atoms with Crippen molar-refractivity contribution in [3.05, 3.63) is 52.5 Å². The summed E-state index contributed by atoms with van der Waals surface area (Å²) in [5.74, 6) is 1.29. The molecule has 0 atom stereocenters. The van der Waals surface area contributed by atoms with Gasteiger partial charge in [-0.25, -0.2) is 5.43 Å². The third-order valence-electron chi connectivity index (χ3n) is 3.05. The third-order valence-corrected chi connectivity index (χ3v) is 3.79. The number of hydrogen-bond acceptors (Lipinski definition) is 5. The molecule has 0 aliphatic heterocycles. The van der Waals surface area contributed by atoms with Crippen molar-refractivity contribution in [1.82, 2.24) is 5.43 Å². The van der Waals surface area contributed by atoms with Crippen LogP contribution in [0, 0.1) is 0 Å². The standard InChI is InChI=1S/C17H21BrN2O3/c1-2-22-16-10-13(15(18)11-17(16)23-9-8-21)12-19-20-14-6-4-3-5-7-14/h3-7,10-11,19-21H,2,8-9,12H2,1H3. The number of aliphatic hydroxyl groups excluding tert-OH is 1. The number of anilines is 1. The molecule has 0 amide bonds. The molecule has 0 heterocycles. The van der Waals surface area contributed by atoms with Crippen LogP contribution >= 0.6 is 15.9 Å². The normalized spacial score (nSPS) is 10.4. The van der Waals surface area contributed by atoms with Crippen molar-refractivity contribution in [2.45, 2.75) is 13.5 Å². The van der Waals surface area contributed by atoms with E-state index in [1.54, 1.807) is 0 Å². The van der Waals surface area contributed by atoms with Gasteiger partial charge in [-0.2, -0.15) is 0 Å². The smallest absolute Gasteiger partial charge is 0.162 e. The molecule has 0 unspecified atom stereocenters. The molecule has 0 bridgehead atoms. The summed E-state index contributed by atoms with van der Waals surface area (Å²) in [5.41, 5.74) is 8.35. The first kappa shape index (κ1) is 17.6. The topological polar surface area (TPSA) is 62.8 Å². The van der Waals surface area contributed by atoms with Gasteiger partial charge in [-0.1, -0.05) is 34.1 Å². The number of halogens is 1. The molecule has 3 N–H and O–H groups in total. The Morgan fingerprint density at radius 1 is 1.09 bits per heavy atom. The van der Waals surface area contributed by atoms with E-state index in [0.29, 0.717) is 24.7 Å². The minimum absolute atomic E-state index is 0.0342. The molecule has 0 aliphatic carbocycles. The van der Waals surface area contributed by atoms with E-state index in [1.807, 2.05) is 49.4 Å². The van der Waals surface area contributed by atoms with Gasteiger partial charge in [0.25, 0.3) is 0 Å². The van der Waals surface area contributed by atoms with Crippen molar-refractivity contribution in [3.8, 4) is 11.5 Å². The first-order valence-electron chi connectivity index (χ1n) is 7.47. The van der Waals surface area contributed by atoms with Crippen LogP contribution in [0.4, 0.5) is 5.69 Å². The number of ether oxygens (including phenoxy) is 2. The van der Waals surface area contributed by atoms with E-state index in [4.69, 9.17) is 14.6 Å². The predicted octanol–water partition coefficient (Wildman–Crippen LogP) is 3.34. The molecule has 2 aromatic carbocycles. The Hall–Kier alpha value is -1.76. The van der Waals surface area contributed by atoms with Crippen LogP contribution in [0.1, 0.15) is 12.5 Å². The lowest BCUT2D eigenvalue weighted by Gasteiger charge is -2.15. The molecule has 0 radical (unpaired) electrons. The molecular formula is C17H21BrN2O3. The maximum absolute atomic E-state index is 8.90. The second-order valence-corrected chi connectivity index (χ2v) is 5.59. The number of nitrogens with one attached hydrogen (secondary N) is 2. The van der Waals surface area contributed by atoms with Crippen molar-refractivity contribution in [2.75, 3.05) is 25.2 Å². The van der Waals surface area contributed by atoms with Gasteiger partial charge >= 0.3 is 0 Å². The summed E-state index contributed by atoms with van der Waals surface area (Å²) >= 11 is 3.54. The SMILES string of the molecule is CCOc1cc(CNNc2ccccc2)c(Br)cc1OCCO. The fourth-order valence-electron chi connectivity index (χ4n) is 2.01. The molecule has 0 aliphatic rings. The van der Waals surface area contributed by atoms with E-state index in [2.05, 4.69) is 26.8 Å². The molecule has 0 saturated heterocycles. The predicted molar refractivity (Wildman–Crippen MR) is 94.8 cm³/mol. The van der Waals surface area contributed by atoms with E-state index in [1.165, 1.54) is 0 Å². The van der Waals surface area contributed by atoms with Crippen molar-refractivity contribution in [2.24, 2.45) is 0 Å². The molecule has 2 aromatic rings. The van der Waals surface area contributed by atoms with Gasteiger partial charge in [0.2, 0.25) is 0 Å². The molecule has 0 fully saturated rings. The molecule has 0 saturated carbocycles. The monoisotopic (exact) mass is 380 g/mol. The Morgan fingerprint density at radius 3 is 2.52 bits per heavy atom. The summed E-state index contributed by atoms with van der Waals surface area (Å²) in [7, 11) is 0. The van der Waals surface area contributed by atoms with E-state index >= 15 is 0 Å². The minimum Gasteiger partial charge on any atom is -0.490 e. The average Bonchev–Trinajstić information content (AvgIpc) is 2.57. The Balaban J connectivity index is 2.04. The van der Waals surface area contributed by atoms with Crippen LogP contribution in [0.2, 0.25) is 0 Å². The van der Waals surface area contributed by atoms with Crippen LogP contribution in [-0.4, -0.2) is 24.9 Å². The van der Waals surface area contributed by atoms with Crippen LogP contribution in [0.15, 0.2) is 46.9 Å². The number of hydrogen-bond donors (Lipinski definition) is 3. The lowest BCUT2D eigenvalue weighted by Crippen LogP contribution is -2.21. The number of para-hydroxylation sites is 1. The van der Waals surface area contributed by atoms with Crippen LogP contribution in [0.25, 0.3) is 0 Å². The fourth-order valence-corrected chi connectivity index (χ4v) is 2.47. The lowest BCUT2D eigenvalue weighted by molar-refractivity contribution is 0.194. The number of rotatable bonds is 9. The average molecular weight is 381 g/mol. The molecule has 2 rings (SSSR count). The van der Waals surface area contributed by atoms with E-state index < -0.39 is 0 Å². The van der Waals surface area contributed by atoms with Gasteiger partial charge in [0.1, 0.15) is 6.61 Å². The summed E-state index contributed by atoms with van der Waals surface area (Å²) in [6.45, 7) is 3.28. The molecule has 5 nitrogen and oxygen atoms in total. The highest BCUT2D eigenvalue weighted by Gasteiger charge is 2.10.